The molecule has 1 rings (SSSR count). The van der Waals surface area contributed by atoms with Crippen LogP contribution in [0.15, 0.2) is 17.5 Å². The summed E-state index contributed by atoms with van der Waals surface area (Å²) in [5.74, 6) is 5.14. The van der Waals surface area contributed by atoms with Gasteiger partial charge in [-0.1, -0.05) is 6.07 Å². The molecule has 3 nitrogen and oxygen atoms in total. The molecule has 1 aromatic heterocycles. The first-order chi connectivity index (χ1) is 6.22. The van der Waals surface area contributed by atoms with E-state index >= 15 is 0 Å². The molecule has 0 aliphatic carbocycles. The number of hydrazine groups is 1. The molecular formula is C8H13N3S2. The van der Waals surface area contributed by atoms with Crippen molar-refractivity contribution in [3.05, 3.63) is 22.4 Å². The van der Waals surface area contributed by atoms with E-state index < -0.39 is 0 Å². The van der Waals surface area contributed by atoms with Gasteiger partial charge in [-0.15, -0.1) is 11.3 Å². The molecule has 0 aliphatic rings. The molecule has 13 heavy (non-hydrogen) atoms. The van der Waals surface area contributed by atoms with Crippen LogP contribution in [0.5, 0.6) is 0 Å². The van der Waals surface area contributed by atoms with Crippen molar-refractivity contribution in [2.24, 2.45) is 5.84 Å². The Hall–Kier alpha value is -0.650. The minimum Gasteiger partial charge on any atom is -0.359 e. The fraction of sp³-hybridized carbons (Fsp3) is 0.375. The van der Waals surface area contributed by atoms with Gasteiger partial charge in [0.1, 0.15) is 0 Å². The molecule has 0 saturated heterocycles. The average Bonchev–Trinajstić information content (AvgIpc) is 2.56. The molecule has 0 aliphatic heterocycles. The van der Waals surface area contributed by atoms with Crippen LogP contribution in [-0.2, 0) is 6.42 Å². The highest BCUT2D eigenvalue weighted by atomic mass is 32.1. The van der Waals surface area contributed by atoms with Crippen LogP contribution < -0.4 is 16.6 Å². The highest BCUT2D eigenvalue weighted by Crippen LogP contribution is 2.10. The number of hydrogen-bond donors (Lipinski definition) is 3. The van der Waals surface area contributed by atoms with Crippen molar-refractivity contribution < 1.29 is 0 Å². The Kier molecular flexibility index (Phi) is 4.14. The third kappa shape index (κ3) is 3.71. The van der Waals surface area contributed by atoms with Crippen molar-refractivity contribution in [2.75, 3.05) is 0 Å². The number of nitrogens with two attached hydrogens (primary N) is 1. The van der Waals surface area contributed by atoms with Gasteiger partial charge in [-0.05, 0) is 30.6 Å². The molecule has 72 valence electrons. The Morgan fingerprint density at radius 3 is 3.08 bits per heavy atom. The molecule has 1 aromatic rings. The summed E-state index contributed by atoms with van der Waals surface area (Å²) in [7, 11) is 0. The van der Waals surface area contributed by atoms with Crippen LogP contribution in [0.3, 0.4) is 0 Å². The molecule has 1 atom stereocenters. The molecular weight excluding hydrogens is 202 g/mol. The Labute approximate surface area is 87.3 Å². The smallest absolute Gasteiger partial charge is 0.180 e. The van der Waals surface area contributed by atoms with E-state index in [9.17, 15) is 0 Å². The second-order valence-electron chi connectivity index (χ2n) is 2.80. The summed E-state index contributed by atoms with van der Waals surface area (Å²) in [6.07, 6.45) is 0.972. The third-order valence-electron chi connectivity index (χ3n) is 1.60. The summed E-state index contributed by atoms with van der Waals surface area (Å²) >= 11 is 6.63. The molecule has 0 radical (unpaired) electrons. The molecule has 0 spiro atoms. The predicted molar refractivity (Wildman–Crippen MR) is 60.5 cm³/mol. The first-order valence-corrected chi connectivity index (χ1v) is 5.30. The SMILES string of the molecule is CC(Cc1cccs1)NC(=S)NN. The normalized spacial score (nSPS) is 12.2. The predicted octanol–water partition coefficient (Wildman–Crippen LogP) is 1.02. The molecule has 1 unspecified atom stereocenters. The van der Waals surface area contributed by atoms with Gasteiger partial charge in [-0.25, -0.2) is 5.84 Å². The summed E-state index contributed by atoms with van der Waals surface area (Å²) in [6.45, 7) is 2.07. The summed E-state index contributed by atoms with van der Waals surface area (Å²) in [4.78, 5) is 1.35. The Morgan fingerprint density at radius 1 is 1.77 bits per heavy atom. The van der Waals surface area contributed by atoms with Gasteiger partial charge in [0.2, 0.25) is 0 Å². The van der Waals surface area contributed by atoms with Crippen LogP contribution in [0.4, 0.5) is 0 Å². The van der Waals surface area contributed by atoms with Crippen molar-refractivity contribution in [3.63, 3.8) is 0 Å². The first kappa shape index (κ1) is 10.4. The topological polar surface area (TPSA) is 50.1 Å². The van der Waals surface area contributed by atoms with Gasteiger partial charge in [0, 0.05) is 17.3 Å². The van der Waals surface area contributed by atoms with Crippen molar-refractivity contribution >= 4 is 28.7 Å². The van der Waals surface area contributed by atoms with Gasteiger partial charge < -0.3 is 10.7 Å². The van der Waals surface area contributed by atoms with E-state index in [2.05, 4.69) is 29.1 Å². The van der Waals surface area contributed by atoms with Crippen LogP contribution in [0.2, 0.25) is 0 Å². The van der Waals surface area contributed by atoms with Crippen LogP contribution in [0.1, 0.15) is 11.8 Å². The fourth-order valence-corrected chi connectivity index (χ4v) is 2.08. The lowest BCUT2D eigenvalue weighted by atomic mass is 10.2. The standard InChI is InChI=1S/C8H13N3S2/c1-6(10-8(12)11-9)5-7-3-2-4-13-7/h2-4,6H,5,9H2,1H3,(H2,10,11,12). The molecule has 0 saturated carbocycles. The number of thiocarbonyl (C=S) groups is 1. The van der Waals surface area contributed by atoms with Crippen LogP contribution in [0, 0.1) is 0 Å². The van der Waals surface area contributed by atoms with Crippen LogP contribution in [-0.4, -0.2) is 11.2 Å². The van der Waals surface area contributed by atoms with Crippen molar-refractivity contribution in [3.8, 4) is 0 Å². The van der Waals surface area contributed by atoms with E-state index in [1.165, 1.54) is 4.88 Å². The maximum Gasteiger partial charge on any atom is 0.180 e. The third-order valence-corrected chi connectivity index (χ3v) is 2.73. The largest absolute Gasteiger partial charge is 0.359 e. The molecule has 1 heterocycles. The van der Waals surface area contributed by atoms with Gasteiger partial charge in [0.15, 0.2) is 5.11 Å². The van der Waals surface area contributed by atoms with E-state index in [0.29, 0.717) is 11.2 Å². The van der Waals surface area contributed by atoms with Gasteiger partial charge in [0.05, 0.1) is 0 Å². The highest BCUT2D eigenvalue weighted by Gasteiger charge is 2.04. The van der Waals surface area contributed by atoms with E-state index in [4.69, 9.17) is 18.1 Å². The van der Waals surface area contributed by atoms with E-state index in [1.54, 1.807) is 11.3 Å². The second-order valence-corrected chi connectivity index (χ2v) is 4.24. The van der Waals surface area contributed by atoms with Crippen molar-refractivity contribution in [1.82, 2.24) is 10.7 Å². The van der Waals surface area contributed by atoms with Crippen LogP contribution >= 0.6 is 23.6 Å². The van der Waals surface area contributed by atoms with Crippen molar-refractivity contribution in [1.29, 1.82) is 0 Å². The van der Waals surface area contributed by atoms with E-state index in [-0.39, 0.29) is 0 Å². The zero-order chi connectivity index (χ0) is 9.68. The highest BCUT2D eigenvalue weighted by molar-refractivity contribution is 7.80. The summed E-state index contributed by atoms with van der Waals surface area (Å²) < 4.78 is 0. The number of hydrogen-bond acceptors (Lipinski definition) is 3. The Bertz CT molecular complexity index is 258. The lowest BCUT2D eigenvalue weighted by Crippen LogP contribution is -2.44. The molecule has 0 fully saturated rings. The van der Waals surface area contributed by atoms with Crippen LogP contribution in [0.25, 0.3) is 0 Å². The molecule has 0 amide bonds. The molecule has 5 heteroatoms. The zero-order valence-corrected chi connectivity index (χ0v) is 9.04. The zero-order valence-electron chi connectivity index (χ0n) is 7.41. The maximum atomic E-state index is 5.14. The Morgan fingerprint density at radius 2 is 2.54 bits per heavy atom. The minimum atomic E-state index is 0.308. The molecule has 4 N–H and O–H groups in total. The van der Waals surface area contributed by atoms with Gasteiger partial charge >= 0.3 is 0 Å². The first-order valence-electron chi connectivity index (χ1n) is 4.02. The van der Waals surface area contributed by atoms with Gasteiger partial charge in [-0.2, -0.15) is 0 Å². The van der Waals surface area contributed by atoms with E-state index in [1.807, 2.05) is 6.07 Å². The minimum absolute atomic E-state index is 0.308. The maximum absolute atomic E-state index is 5.14. The summed E-state index contributed by atoms with van der Waals surface area (Å²) in [5, 5.41) is 5.63. The second kappa shape index (κ2) is 5.16. The number of rotatable bonds is 3. The Balaban J connectivity index is 2.33. The van der Waals surface area contributed by atoms with E-state index in [0.717, 1.165) is 6.42 Å². The number of thiophene rings is 1. The molecule has 0 bridgehead atoms. The summed E-state index contributed by atoms with van der Waals surface area (Å²) in [6, 6.07) is 4.47. The monoisotopic (exact) mass is 215 g/mol. The average molecular weight is 215 g/mol. The van der Waals surface area contributed by atoms with Crippen molar-refractivity contribution in [2.45, 2.75) is 19.4 Å². The lowest BCUT2D eigenvalue weighted by molar-refractivity contribution is 0.657. The quantitative estimate of drug-likeness (QED) is 0.400. The molecule has 0 aromatic carbocycles. The van der Waals surface area contributed by atoms with Gasteiger partial charge in [-0.3, -0.25) is 0 Å². The summed E-state index contributed by atoms with van der Waals surface area (Å²) in [5.41, 5.74) is 2.40. The lowest BCUT2D eigenvalue weighted by Gasteiger charge is -2.13. The van der Waals surface area contributed by atoms with Gasteiger partial charge in [0.25, 0.3) is 0 Å². The number of nitrogens with one attached hydrogen (secondary N) is 2. The fourth-order valence-electron chi connectivity index (χ4n) is 1.05.